The number of carbonyl (C=O) groups excluding carboxylic acids is 1. The molecule has 1 atom stereocenters. The van der Waals surface area contributed by atoms with Crippen LogP contribution in [0.15, 0.2) is 0 Å². The molecule has 6 heteroatoms. The van der Waals surface area contributed by atoms with Crippen molar-refractivity contribution in [2.75, 3.05) is 33.4 Å². The van der Waals surface area contributed by atoms with Gasteiger partial charge in [0.15, 0.2) is 6.10 Å². The highest BCUT2D eigenvalue weighted by atomic mass is 16.5. The number of amides is 1. The zero-order chi connectivity index (χ0) is 12.7. The van der Waals surface area contributed by atoms with Crippen molar-refractivity contribution in [3.8, 4) is 0 Å². The summed E-state index contributed by atoms with van der Waals surface area (Å²) in [5.41, 5.74) is 0. The van der Waals surface area contributed by atoms with Crippen LogP contribution in [0.5, 0.6) is 0 Å². The zero-order valence-corrected chi connectivity index (χ0v) is 10.1. The molecular weight excluding hydrogens is 226 g/mol. The van der Waals surface area contributed by atoms with Gasteiger partial charge in [0.2, 0.25) is 5.91 Å². The van der Waals surface area contributed by atoms with Crippen LogP contribution in [0.2, 0.25) is 0 Å². The predicted octanol–water partition coefficient (Wildman–Crippen LogP) is 0.115. The minimum atomic E-state index is -1.01. The summed E-state index contributed by atoms with van der Waals surface area (Å²) in [7, 11) is 1.63. The molecule has 1 amide bonds. The van der Waals surface area contributed by atoms with Gasteiger partial charge in [-0.25, -0.2) is 4.79 Å². The number of carboxylic acids is 1. The fourth-order valence-corrected chi connectivity index (χ4v) is 1.71. The van der Waals surface area contributed by atoms with Crippen molar-refractivity contribution in [2.45, 2.75) is 25.4 Å². The summed E-state index contributed by atoms with van der Waals surface area (Å²) in [6, 6.07) is 0. The number of methoxy groups -OCH3 is 1. The van der Waals surface area contributed by atoms with Gasteiger partial charge in [-0.15, -0.1) is 0 Å². The summed E-state index contributed by atoms with van der Waals surface area (Å²) in [6.07, 6.45) is 1.17. The number of rotatable bonds is 6. The molecule has 1 fully saturated rings. The summed E-state index contributed by atoms with van der Waals surface area (Å²) in [5.74, 6) is -1.02. The third-order valence-corrected chi connectivity index (χ3v) is 2.68. The van der Waals surface area contributed by atoms with Crippen molar-refractivity contribution in [2.24, 2.45) is 0 Å². The Hall–Kier alpha value is -1.14. The fraction of sp³-hybridized carbons (Fsp3) is 0.818. The summed E-state index contributed by atoms with van der Waals surface area (Å²) < 4.78 is 9.94. The molecule has 1 N–H and O–H groups in total. The molecule has 1 saturated heterocycles. The van der Waals surface area contributed by atoms with Gasteiger partial charge in [-0.05, 0) is 12.8 Å². The molecule has 0 aromatic rings. The molecule has 0 aromatic heterocycles. The first-order valence-corrected chi connectivity index (χ1v) is 5.76. The van der Waals surface area contributed by atoms with Crippen molar-refractivity contribution < 1.29 is 24.2 Å². The third-order valence-electron chi connectivity index (χ3n) is 2.68. The summed E-state index contributed by atoms with van der Waals surface area (Å²) in [4.78, 5) is 24.1. The van der Waals surface area contributed by atoms with E-state index in [1.807, 2.05) is 0 Å². The molecule has 98 valence electrons. The van der Waals surface area contributed by atoms with Gasteiger partial charge in [-0.2, -0.15) is 0 Å². The number of carbonyl (C=O) groups is 2. The molecule has 0 aliphatic carbocycles. The second-order valence-electron chi connectivity index (χ2n) is 3.99. The SMILES string of the molecule is COCCCCC(=O)N1CCOC(C(=O)O)C1. The van der Waals surface area contributed by atoms with Crippen LogP contribution in [0.1, 0.15) is 19.3 Å². The maximum Gasteiger partial charge on any atom is 0.334 e. The van der Waals surface area contributed by atoms with E-state index >= 15 is 0 Å². The Morgan fingerprint density at radius 3 is 2.88 bits per heavy atom. The van der Waals surface area contributed by atoms with Crippen molar-refractivity contribution in [3.63, 3.8) is 0 Å². The highest BCUT2D eigenvalue weighted by molar-refractivity contribution is 5.78. The van der Waals surface area contributed by atoms with Gasteiger partial charge in [-0.1, -0.05) is 0 Å². The van der Waals surface area contributed by atoms with Gasteiger partial charge in [0.1, 0.15) is 0 Å². The predicted molar refractivity (Wildman–Crippen MR) is 59.7 cm³/mol. The Labute approximate surface area is 100 Å². The van der Waals surface area contributed by atoms with E-state index in [4.69, 9.17) is 14.6 Å². The Morgan fingerprint density at radius 1 is 1.47 bits per heavy atom. The molecule has 0 radical (unpaired) electrons. The molecule has 6 nitrogen and oxygen atoms in total. The molecule has 0 spiro atoms. The lowest BCUT2D eigenvalue weighted by atomic mass is 10.2. The smallest absolute Gasteiger partial charge is 0.334 e. The third kappa shape index (κ3) is 4.70. The lowest BCUT2D eigenvalue weighted by molar-refractivity contribution is -0.159. The van der Waals surface area contributed by atoms with Gasteiger partial charge in [0.05, 0.1) is 13.2 Å². The number of hydrogen-bond donors (Lipinski definition) is 1. The van der Waals surface area contributed by atoms with Crippen LogP contribution >= 0.6 is 0 Å². The van der Waals surface area contributed by atoms with Crippen LogP contribution in [0.4, 0.5) is 0 Å². The van der Waals surface area contributed by atoms with Gasteiger partial charge in [0.25, 0.3) is 0 Å². The van der Waals surface area contributed by atoms with Crippen molar-refractivity contribution in [1.29, 1.82) is 0 Å². The number of nitrogens with zero attached hydrogens (tertiary/aromatic N) is 1. The molecule has 0 saturated carbocycles. The largest absolute Gasteiger partial charge is 0.479 e. The lowest BCUT2D eigenvalue weighted by Gasteiger charge is -2.30. The Balaban J connectivity index is 2.28. The van der Waals surface area contributed by atoms with Crippen molar-refractivity contribution in [3.05, 3.63) is 0 Å². The van der Waals surface area contributed by atoms with Gasteiger partial charge < -0.3 is 19.5 Å². The first kappa shape index (κ1) is 13.9. The summed E-state index contributed by atoms with van der Waals surface area (Å²) >= 11 is 0. The molecule has 17 heavy (non-hydrogen) atoms. The van der Waals surface area contributed by atoms with E-state index in [2.05, 4.69) is 0 Å². The summed E-state index contributed by atoms with van der Waals surface area (Å²) in [6.45, 7) is 1.57. The van der Waals surface area contributed by atoms with Crippen LogP contribution < -0.4 is 0 Å². The lowest BCUT2D eigenvalue weighted by Crippen LogP contribution is -2.48. The minimum absolute atomic E-state index is 0.00402. The monoisotopic (exact) mass is 245 g/mol. The Kier molecular flexibility index (Phi) is 5.93. The molecule has 1 unspecified atom stereocenters. The van der Waals surface area contributed by atoms with Crippen molar-refractivity contribution >= 4 is 11.9 Å². The van der Waals surface area contributed by atoms with E-state index in [1.165, 1.54) is 0 Å². The number of unbranched alkanes of at least 4 members (excludes halogenated alkanes) is 1. The highest BCUT2D eigenvalue weighted by Crippen LogP contribution is 2.09. The van der Waals surface area contributed by atoms with E-state index in [-0.39, 0.29) is 12.5 Å². The average Bonchev–Trinajstić information content (AvgIpc) is 2.34. The van der Waals surface area contributed by atoms with Gasteiger partial charge >= 0.3 is 5.97 Å². The zero-order valence-electron chi connectivity index (χ0n) is 10.1. The molecule has 1 rings (SSSR count). The highest BCUT2D eigenvalue weighted by Gasteiger charge is 2.28. The van der Waals surface area contributed by atoms with Crippen LogP contribution in [0.25, 0.3) is 0 Å². The van der Waals surface area contributed by atoms with E-state index in [9.17, 15) is 9.59 Å². The first-order valence-electron chi connectivity index (χ1n) is 5.76. The molecule has 0 bridgehead atoms. The fourth-order valence-electron chi connectivity index (χ4n) is 1.71. The van der Waals surface area contributed by atoms with E-state index in [0.29, 0.717) is 26.2 Å². The molecule has 1 aliphatic rings. The number of aliphatic carboxylic acids is 1. The van der Waals surface area contributed by atoms with Gasteiger partial charge in [-0.3, -0.25) is 4.79 Å². The number of ether oxygens (including phenoxy) is 2. The maximum atomic E-state index is 11.8. The average molecular weight is 245 g/mol. The van der Waals surface area contributed by atoms with Gasteiger partial charge in [0, 0.05) is 26.7 Å². The normalized spacial score (nSPS) is 20.3. The molecule has 1 aliphatic heterocycles. The number of morpholine rings is 1. The second kappa shape index (κ2) is 7.24. The van der Waals surface area contributed by atoms with Crippen LogP contribution in [-0.2, 0) is 19.1 Å². The Morgan fingerprint density at radius 2 is 2.24 bits per heavy atom. The van der Waals surface area contributed by atoms with Crippen LogP contribution in [-0.4, -0.2) is 61.4 Å². The molecular formula is C11H19NO5. The topological polar surface area (TPSA) is 76.1 Å². The van der Waals surface area contributed by atoms with Crippen LogP contribution in [0.3, 0.4) is 0 Å². The summed E-state index contributed by atoms with van der Waals surface area (Å²) in [5, 5.41) is 8.80. The van der Waals surface area contributed by atoms with Crippen molar-refractivity contribution in [1.82, 2.24) is 4.90 Å². The Bertz CT molecular complexity index is 269. The second-order valence-corrected chi connectivity index (χ2v) is 3.99. The van der Waals surface area contributed by atoms with Crippen LogP contribution in [0, 0.1) is 0 Å². The minimum Gasteiger partial charge on any atom is -0.479 e. The maximum absolute atomic E-state index is 11.8. The quantitative estimate of drug-likeness (QED) is 0.672. The van der Waals surface area contributed by atoms with E-state index < -0.39 is 12.1 Å². The van der Waals surface area contributed by atoms with E-state index in [1.54, 1.807) is 12.0 Å². The standard InChI is InChI=1S/C11H19NO5/c1-16-6-3-2-4-10(13)12-5-7-17-9(8-12)11(14)15/h9H,2-8H2,1H3,(H,14,15). The van der Waals surface area contributed by atoms with E-state index in [0.717, 1.165) is 12.8 Å². The molecule has 1 heterocycles. The molecule has 0 aromatic carbocycles. The first-order chi connectivity index (χ1) is 8.15. The number of carboxylic acid groups (broad SMARTS) is 1. The number of hydrogen-bond acceptors (Lipinski definition) is 4.